The van der Waals surface area contributed by atoms with Crippen LogP contribution < -0.4 is 9.80 Å². The van der Waals surface area contributed by atoms with Crippen LogP contribution in [0.25, 0.3) is 0 Å². The van der Waals surface area contributed by atoms with E-state index >= 15 is 0 Å². The normalized spacial score (nSPS) is 16.0. The van der Waals surface area contributed by atoms with Crippen LogP contribution in [0.1, 0.15) is 20.8 Å². The Morgan fingerprint density at radius 3 is 2.29 bits per heavy atom. The molecule has 0 saturated carbocycles. The van der Waals surface area contributed by atoms with Crippen LogP contribution in [0.5, 0.6) is 0 Å². The lowest BCUT2D eigenvalue weighted by Gasteiger charge is -2.31. The average molecular weight is 190 g/mol. The van der Waals surface area contributed by atoms with Gasteiger partial charge in [-0.15, -0.1) is 0 Å². The quantitative estimate of drug-likeness (QED) is 0.621. The highest BCUT2D eigenvalue weighted by molar-refractivity contribution is 5.71. The smallest absolute Gasteiger partial charge is 0.211 e. The van der Waals surface area contributed by atoms with Gasteiger partial charge >= 0.3 is 0 Å². The summed E-state index contributed by atoms with van der Waals surface area (Å²) in [4.78, 5) is 12.5. The van der Waals surface area contributed by atoms with Crippen molar-refractivity contribution in [1.29, 1.82) is 0 Å². The van der Waals surface area contributed by atoms with Crippen LogP contribution >= 0.6 is 0 Å². The molecule has 0 unspecified atom stereocenters. The maximum absolute atomic E-state index is 4.32. The minimum absolute atomic E-state index is 0.0183. The maximum atomic E-state index is 4.32. The molecule has 0 fully saturated rings. The van der Waals surface area contributed by atoms with E-state index in [-0.39, 0.29) is 5.54 Å². The SMILES string of the molecule is CN1[C]N(C(C)(C)C)c2nccnc21. The van der Waals surface area contributed by atoms with E-state index in [0.717, 1.165) is 11.6 Å². The highest BCUT2D eigenvalue weighted by Crippen LogP contribution is 2.37. The predicted molar refractivity (Wildman–Crippen MR) is 55.9 cm³/mol. The summed E-state index contributed by atoms with van der Waals surface area (Å²) < 4.78 is 0. The lowest BCUT2D eigenvalue weighted by molar-refractivity contribution is 0.537. The molecule has 1 aromatic rings. The third-order valence-corrected chi connectivity index (χ3v) is 2.11. The summed E-state index contributed by atoms with van der Waals surface area (Å²) in [6.45, 7) is 9.57. The van der Waals surface area contributed by atoms with Crippen molar-refractivity contribution in [1.82, 2.24) is 9.97 Å². The van der Waals surface area contributed by atoms with Gasteiger partial charge in [-0.2, -0.15) is 0 Å². The summed E-state index contributed by atoms with van der Waals surface area (Å²) >= 11 is 0. The van der Waals surface area contributed by atoms with Gasteiger partial charge in [-0.1, -0.05) is 0 Å². The third-order valence-electron chi connectivity index (χ3n) is 2.11. The van der Waals surface area contributed by atoms with E-state index < -0.39 is 0 Å². The molecule has 0 aliphatic carbocycles. The summed E-state index contributed by atoms with van der Waals surface area (Å²) in [5.41, 5.74) is -0.0183. The van der Waals surface area contributed by atoms with Gasteiger partial charge in [0.1, 0.15) is 0 Å². The van der Waals surface area contributed by atoms with Crippen LogP contribution in [0.4, 0.5) is 11.6 Å². The van der Waals surface area contributed by atoms with Gasteiger partial charge in [0.2, 0.25) is 6.67 Å². The number of aromatic nitrogens is 2. The molecule has 0 spiro atoms. The number of hydrogen-bond acceptors (Lipinski definition) is 4. The molecule has 0 bridgehead atoms. The van der Waals surface area contributed by atoms with Crippen molar-refractivity contribution in [2.24, 2.45) is 0 Å². The molecule has 1 aromatic heterocycles. The summed E-state index contributed by atoms with van der Waals surface area (Å²) in [5.74, 6) is 1.74. The van der Waals surface area contributed by atoms with Crippen LogP contribution in [-0.4, -0.2) is 22.6 Å². The fourth-order valence-corrected chi connectivity index (χ4v) is 1.43. The van der Waals surface area contributed by atoms with Crippen LogP contribution in [0.3, 0.4) is 0 Å². The zero-order valence-corrected chi connectivity index (χ0v) is 8.94. The summed E-state index contributed by atoms with van der Waals surface area (Å²) in [6, 6.07) is 0. The molecule has 0 N–H and O–H groups in total. The van der Waals surface area contributed by atoms with Crippen molar-refractivity contribution in [2.75, 3.05) is 16.8 Å². The maximum Gasteiger partial charge on any atom is 0.211 e. The molecule has 4 heteroatoms. The van der Waals surface area contributed by atoms with Gasteiger partial charge in [-0.05, 0) is 20.8 Å². The highest BCUT2D eigenvalue weighted by atomic mass is 15.4. The molecule has 2 heterocycles. The Balaban J connectivity index is 2.44. The Hall–Kier alpha value is -1.32. The second-order valence-electron chi connectivity index (χ2n) is 4.37. The second kappa shape index (κ2) is 2.83. The monoisotopic (exact) mass is 190 g/mol. The molecule has 0 aromatic carbocycles. The number of nitrogens with zero attached hydrogens (tertiary/aromatic N) is 4. The largest absolute Gasteiger partial charge is 0.326 e. The first-order valence-electron chi connectivity index (χ1n) is 4.61. The van der Waals surface area contributed by atoms with Crippen molar-refractivity contribution in [2.45, 2.75) is 26.3 Å². The fourth-order valence-electron chi connectivity index (χ4n) is 1.43. The number of rotatable bonds is 0. The standard InChI is InChI=1S/C10H14N4/c1-10(2,3)14-7-13(4)8-9(14)12-6-5-11-8/h5-6H,1-4H3. The van der Waals surface area contributed by atoms with Crippen molar-refractivity contribution in [3.63, 3.8) is 0 Å². The molecule has 14 heavy (non-hydrogen) atoms. The van der Waals surface area contributed by atoms with Crippen molar-refractivity contribution in [3.05, 3.63) is 19.1 Å². The molecule has 0 amide bonds. The van der Waals surface area contributed by atoms with E-state index in [1.165, 1.54) is 0 Å². The first kappa shape index (κ1) is 9.24. The topological polar surface area (TPSA) is 32.3 Å². The minimum Gasteiger partial charge on any atom is -0.326 e. The van der Waals surface area contributed by atoms with Gasteiger partial charge in [0.05, 0.1) is 0 Å². The van der Waals surface area contributed by atoms with E-state index in [0.29, 0.717) is 0 Å². The molecule has 2 radical (unpaired) electrons. The highest BCUT2D eigenvalue weighted by Gasteiger charge is 2.34. The van der Waals surface area contributed by atoms with E-state index in [4.69, 9.17) is 0 Å². The van der Waals surface area contributed by atoms with E-state index in [9.17, 15) is 0 Å². The number of hydrogen-bond donors (Lipinski definition) is 0. The molecular formula is C10H14N4. The Morgan fingerprint density at radius 1 is 1.14 bits per heavy atom. The van der Waals surface area contributed by atoms with Crippen LogP contribution in [0.15, 0.2) is 12.4 Å². The van der Waals surface area contributed by atoms with E-state index in [2.05, 4.69) is 37.4 Å². The first-order valence-corrected chi connectivity index (χ1v) is 4.61. The van der Waals surface area contributed by atoms with Crippen LogP contribution in [0.2, 0.25) is 0 Å². The van der Waals surface area contributed by atoms with Gasteiger partial charge in [0.15, 0.2) is 11.6 Å². The average Bonchev–Trinajstić information content (AvgIpc) is 2.44. The lowest BCUT2D eigenvalue weighted by atomic mass is 10.1. The van der Waals surface area contributed by atoms with Gasteiger partial charge in [-0.3, -0.25) is 0 Å². The molecule has 0 atom stereocenters. The molecular weight excluding hydrogens is 176 g/mol. The second-order valence-corrected chi connectivity index (χ2v) is 4.37. The lowest BCUT2D eigenvalue weighted by Crippen LogP contribution is -2.39. The molecule has 2 rings (SSSR count). The van der Waals surface area contributed by atoms with Gasteiger partial charge < -0.3 is 9.80 Å². The van der Waals surface area contributed by atoms with Crippen molar-refractivity contribution in [3.8, 4) is 0 Å². The number of fused-ring (bicyclic) bond motifs is 1. The van der Waals surface area contributed by atoms with Crippen molar-refractivity contribution >= 4 is 11.6 Å². The molecule has 0 saturated heterocycles. The van der Waals surface area contributed by atoms with Crippen LogP contribution in [0, 0.1) is 6.67 Å². The summed E-state index contributed by atoms with van der Waals surface area (Å²) in [6.07, 6.45) is 3.40. The van der Waals surface area contributed by atoms with E-state index in [1.807, 2.05) is 16.8 Å². The van der Waals surface area contributed by atoms with Crippen LogP contribution in [-0.2, 0) is 0 Å². The number of anilines is 2. The Bertz CT molecular complexity index is 342. The molecule has 4 nitrogen and oxygen atoms in total. The van der Waals surface area contributed by atoms with Crippen molar-refractivity contribution < 1.29 is 0 Å². The third kappa shape index (κ3) is 1.31. The van der Waals surface area contributed by atoms with Gasteiger partial charge in [0.25, 0.3) is 0 Å². The minimum atomic E-state index is -0.0183. The molecule has 74 valence electrons. The zero-order valence-electron chi connectivity index (χ0n) is 8.94. The van der Waals surface area contributed by atoms with E-state index in [1.54, 1.807) is 12.4 Å². The van der Waals surface area contributed by atoms with Gasteiger partial charge in [0, 0.05) is 25.0 Å². The zero-order chi connectivity index (χ0) is 10.3. The summed E-state index contributed by atoms with van der Waals surface area (Å²) in [7, 11) is 1.93. The fraction of sp³-hybridized carbons (Fsp3) is 0.500. The Morgan fingerprint density at radius 2 is 1.71 bits per heavy atom. The predicted octanol–water partition coefficient (Wildman–Crippen LogP) is 1.53. The van der Waals surface area contributed by atoms with Gasteiger partial charge in [-0.25, -0.2) is 9.97 Å². The molecule has 1 aliphatic heterocycles. The Kier molecular flexibility index (Phi) is 1.87. The first-order chi connectivity index (χ1) is 6.50. The Labute approximate surface area is 84.6 Å². The summed E-state index contributed by atoms with van der Waals surface area (Å²) in [5, 5.41) is 0. The molecule has 1 aliphatic rings.